The Labute approximate surface area is 132 Å². The van der Waals surface area contributed by atoms with E-state index in [0.29, 0.717) is 6.04 Å². The SMILES string of the molecule is CC(=O)/C=C\C(=O)O.CN[C@@H]1Cc2cccc3[nH]c(=O)n(c23)C1. The average Bonchev–Trinajstić information content (AvgIpc) is 2.84. The Bertz CT molecular complexity index is 800. The van der Waals surface area contributed by atoms with E-state index in [1.54, 1.807) is 0 Å². The van der Waals surface area contributed by atoms with Crippen LogP contribution in [0.1, 0.15) is 12.5 Å². The van der Waals surface area contributed by atoms with Crippen molar-refractivity contribution in [2.45, 2.75) is 25.9 Å². The van der Waals surface area contributed by atoms with Crippen LogP contribution in [0.2, 0.25) is 0 Å². The molecule has 0 bridgehead atoms. The van der Waals surface area contributed by atoms with Gasteiger partial charge in [0.25, 0.3) is 0 Å². The number of carbonyl (C=O) groups is 2. The highest BCUT2D eigenvalue weighted by Crippen LogP contribution is 2.22. The largest absolute Gasteiger partial charge is 0.478 e. The molecule has 7 nitrogen and oxygen atoms in total. The smallest absolute Gasteiger partial charge is 0.328 e. The average molecular weight is 317 g/mol. The van der Waals surface area contributed by atoms with Gasteiger partial charge in [0.15, 0.2) is 5.78 Å². The maximum atomic E-state index is 11.7. The third-order valence-corrected chi connectivity index (χ3v) is 3.61. The third-order valence-electron chi connectivity index (χ3n) is 3.61. The number of benzene rings is 1. The van der Waals surface area contributed by atoms with Crippen LogP contribution in [-0.2, 0) is 22.6 Å². The molecule has 2 aromatic rings. The number of carbonyl (C=O) groups excluding carboxylic acids is 1. The molecule has 0 fully saturated rings. The molecule has 1 aromatic heterocycles. The molecule has 0 saturated heterocycles. The van der Waals surface area contributed by atoms with Gasteiger partial charge in [-0.3, -0.25) is 9.36 Å². The highest BCUT2D eigenvalue weighted by molar-refractivity contribution is 5.93. The van der Waals surface area contributed by atoms with Crippen LogP contribution in [0.5, 0.6) is 0 Å². The molecule has 1 atom stereocenters. The van der Waals surface area contributed by atoms with E-state index in [4.69, 9.17) is 5.11 Å². The lowest BCUT2D eigenvalue weighted by atomic mass is 10.0. The van der Waals surface area contributed by atoms with Crippen molar-refractivity contribution < 1.29 is 14.7 Å². The quantitative estimate of drug-likeness (QED) is 0.723. The zero-order chi connectivity index (χ0) is 17.0. The van der Waals surface area contributed by atoms with Gasteiger partial charge in [-0.25, -0.2) is 9.59 Å². The minimum absolute atomic E-state index is 0.00241. The first kappa shape index (κ1) is 16.7. The number of aromatic nitrogens is 2. The number of hydrogen-bond donors (Lipinski definition) is 3. The van der Waals surface area contributed by atoms with Gasteiger partial charge in [-0.15, -0.1) is 0 Å². The number of aromatic amines is 1. The molecule has 1 aromatic carbocycles. The van der Waals surface area contributed by atoms with E-state index >= 15 is 0 Å². The number of aliphatic carboxylic acids is 1. The van der Waals surface area contributed by atoms with E-state index in [0.717, 1.165) is 36.2 Å². The van der Waals surface area contributed by atoms with E-state index in [-0.39, 0.29) is 11.5 Å². The third kappa shape index (κ3) is 3.95. The van der Waals surface area contributed by atoms with Crippen LogP contribution >= 0.6 is 0 Å². The van der Waals surface area contributed by atoms with E-state index < -0.39 is 5.97 Å². The lowest BCUT2D eigenvalue weighted by Gasteiger charge is -2.22. The Kier molecular flexibility index (Phi) is 5.13. The summed E-state index contributed by atoms with van der Waals surface area (Å²) in [6, 6.07) is 6.40. The summed E-state index contributed by atoms with van der Waals surface area (Å²) in [5, 5.41) is 11.2. The molecule has 1 aliphatic rings. The molecule has 1 aliphatic heterocycles. The standard InChI is InChI=1S/C11H13N3O.C5H6O3/c1-12-8-5-7-3-2-4-9-10(7)14(6-8)11(15)13-9;1-4(6)2-3-5(7)8/h2-4,8,12H,5-6H2,1H3,(H,13,15);2-3H,1H3,(H,7,8)/b;3-2-/t8-;/m1./s1. The molecule has 0 radical (unpaired) electrons. The summed E-state index contributed by atoms with van der Waals surface area (Å²) < 4.78 is 1.83. The highest BCUT2D eigenvalue weighted by atomic mass is 16.4. The van der Waals surface area contributed by atoms with Gasteiger partial charge in [-0.1, -0.05) is 12.1 Å². The summed E-state index contributed by atoms with van der Waals surface area (Å²) in [7, 11) is 1.94. The normalized spacial score (nSPS) is 16.2. The van der Waals surface area contributed by atoms with Crippen LogP contribution in [0.4, 0.5) is 0 Å². The Hall–Kier alpha value is -2.67. The molecule has 0 unspecified atom stereocenters. The molecule has 3 rings (SSSR count). The van der Waals surface area contributed by atoms with Crippen molar-refractivity contribution in [2.75, 3.05) is 7.05 Å². The maximum Gasteiger partial charge on any atom is 0.328 e. The van der Waals surface area contributed by atoms with Gasteiger partial charge in [0.1, 0.15) is 0 Å². The zero-order valence-electron chi connectivity index (χ0n) is 13.0. The second-order valence-electron chi connectivity index (χ2n) is 5.33. The van der Waals surface area contributed by atoms with Crippen LogP contribution in [0.25, 0.3) is 11.0 Å². The molecule has 0 amide bonds. The number of carboxylic acids is 1. The second-order valence-corrected chi connectivity index (χ2v) is 5.33. The number of nitrogens with zero attached hydrogens (tertiary/aromatic N) is 1. The predicted octanol–water partition coefficient (Wildman–Crippen LogP) is 0.690. The fourth-order valence-electron chi connectivity index (χ4n) is 2.57. The van der Waals surface area contributed by atoms with Crippen LogP contribution in [0.3, 0.4) is 0 Å². The number of imidazole rings is 1. The Balaban J connectivity index is 0.000000207. The minimum atomic E-state index is -1.10. The number of rotatable bonds is 3. The van der Waals surface area contributed by atoms with Gasteiger partial charge in [0.05, 0.1) is 11.0 Å². The van der Waals surface area contributed by atoms with Gasteiger partial charge < -0.3 is 15.4 Å². The summed E-state index contributed by atoms with van der Waals surface area (Å²) in [6.07, 6.45) is 2.80. The van der Waals surface area contributed by atoms with Crippen molar-refractivity contribution in [3.8, 4) is 0 Å². The van der Waals surface area contributed by atoms with E-state index in [1.165, 1.54) is 12.5 Å². The first-order valence-corrected chi connectivity index (χ1v) is 7.21. The highest BCUT2D eigenvalue weighted by Gasteiger charge is 2.21. The van der Waals surface area contributed by atoms with Crippen molar-refractivity contribution in [2.24, 2.45) is 0 Å². The zero-order valence-corrected chi connectivity index (χ0v) is 13.0. The molecular formula is C16H19N3O4. The molecule has 0 aliphatic carbocycles. The number of carboxylic acid groups (broad SMARTS) is 1. The number of H-pyrrole nitrogens is 1. The lowest BCUT2D eigenvalue weighted by molar-refractivity contribution is -0.131. The van der Waals surface area contributed by atoms with Crippen molar-refractivity contribution in [3.05, 3.63) is 46.4 Å². The topological polar surface area (TPSA) is 104 Å². The Morgan fingerprint density at radius 2 is 2.13 bits per heavy atom. The van der Waals surface area contributed by atoms with Crippen molar-refractivity contribution in [1.29, 1.82) is 0 Å². The number of para-hydroxylation sites is 1. The molecule has 23 heavy (non-hydrogen) atoms. The molecule has 122 valence electrons. The fourth-order valence-corrected chi connectivity index (χ4v) is 2.57. The van der Waals surface area contributed by atoms with E-state index in [1.807, 2.05) is 23.7 Å². The minimum Gasteiger partial charge on any atom is -0.478 e. The van der Waals surface area contributed by atoms with E-state index in [2.05, 4.69) is 16.4 Å². The molecule has 0 spiro atoms. The fraction of sp³-hybridized carbons (Fsp3) is 0.312. The van der Waals surface area contributed by atoms with Crippen molar-refractivity contribution >= 4 is 22.8 Å². The van der Waals surface area contributed by atoms with Crippen molar-refractivity contribution in [3.63, 3.8) is 0 Å². The molecular weight excluding hydrogens is 298 g/mol. The monoisotopic (exact) mass is 317 g/mol. The van der Waals surface area contributed by atoms with Gasteiger partial charge in [0, 0.05) is 18.7 Å². The molecule has 2 heterocycles. The maximum absolute atomic E-state index is 11.7. The van der Waals surface area contributed by atoms with E-state index in [9.17, 15) is 14.4 Å². The Morgan fingerprint density at radius 3 is 2.70 bits per heavy atom. The number of nitrogens with one attached hydrogen (secondary N) is 2. The summed E-state index contributed by atoms with van der Waals surface area (Å²) in [5.41, 5.74) is 3.27. The number of ketones is 1. The summed E-state index contributed by atoms with van der Waals surface area (Å²) in [5.74, 6) is -1.35. The molecule has 3 N–H and O–H groups in total. The first-order chi connectivity index (χ1) is 10.9. The van der Waals surface area contributed by atoms with Crippen LogP contribution in [-0.4, -0.2) is 39.5 Å². The Morgan fingerprint density at radius 1 is 1.39 bits per heavy atom. The summed E-state index contributed by atoms with van der Waals surface area (Å²) in [6.45, 7) is 2.05. The van der Waals surface area contributed by atoms with Gasteiger partial charge >= 0.3 is 11.7 Å². The summed E-state index contributed by atoms with van der Waals surface area (Å²) in [4.78, 5) is 34.2. The van der Waals surface area contributed by atoms with Crippen LogP contribution in [0.15, 0.2) is 35.1 Å². The van der Waals surface area contributed by atoms with Gasteiger partial charge in [0.2, 0.25) is 0 Å². The first-order valence-electron chi connectivity index (χ1n) is 7.21. The van der Waals surface area contributed by atoms with Gasteiger partial charge in [-0.2, -0.15) is 0 Å². The second kappa shape index (κ2) is 7.06. The molecule has 7 heteroatoms. The number of allylic oxidation sites excluding steroid dienone is 1. The van der Waals surface area contributed by atoms with Crippen molar-refractivity contribution in [1.82, 2.24) is 14.9 Å². The number of likely N-dealkylation sites (N-methyl/N-ethyl adjacent to an activating group) is 1. The summed E-state index contributed by atoms with van der Waals surface area (Å²) >= 11 is 0. The van der Waals surface area contributed by atoms with Gasteiger partial charge in [-0.05, 0) is 38.1 Å². The molecule has 0 saturated carbocycles. The van der Waals surface area contributed by atoms with Crippen LogP contribution in [0, 0.1) is 0 Å². The lowest BCUT2D eigenvalue weighted by Crippen LogP contribution is -2.38. The van der Waals surface area contributed by atoms with Crippen LogP contribution < -0.4 is 11.0 Å². The predicted molar refractivity (Wildman–Crippen MR) is 86.6 cm³/mol. The number of hydrogen-bond acceptors (Lipinski definition) is 4.